The molecule has 0 amide bonds. The molecule has 1 heterocycles. The normalized spacial score (nSPS) is 10.5. The summed E-state index contributed by atoms with van der Waals surface area (Å²) in [6, 6.07) is 5.16. The molecule has 15 heavy (non-hydrogen) atoms. The van der Waals surface area contributed by atoms with Crippen LogP contribution in [0.5, 0.6) is 0 Å². The predicted octanol–water partition coefficient (Wildman–Crippen LogP) is 1.91. The van der Waals surface area contributed by atoms with Gasteiger partial charge in [-0.25, -0.2) is 9.97 Å². The van der Waals surface area contributed by atoms with Crippen LogP contribution in [0.25, 0.3) is 10.9 Å². The number of halogens is 1. The highest BCUT2D eigenvalue weighted by Crippen LogP contribution is 2.20. The highest BCUT2D eigenvalue weighted by atomic mass is 35.5. The van der Waals surface area contributed by atoms with Gasteiger partial charge < -0.3 is 5.11 Å². The fourth-order valence-electron chi connectivity index (χ4n) is 1.36. The van der Waals surface area contributed by atoms with Gasteiger partial charge in [0, 0.05) is 5.39 Å². The average Bonchev–Trinajstić information content (AvgIpc) is 2.18. The first kappa shape index (κ1) is 9.86. The summed E-state index contributed by atoms with van der Waals surface area (Å²) in [5.41, 5.74) is 1.40. The second-order valence-corrected chi connectivity index (χ2v) is 3.44. The third kappa shape index (κ3) is 2.05. The lowest BCUT2D eigenvalue weighted by atomic mass is 10.1. The molecule has 76 valence electrons. The van der Waals surface area contributed by atoms with Crippen molar-refractivity contribution in [3.05, 3.63) is 35.2 Å². The molecule has 5 heteroatoms. The molecule has 2 rings (SSSR count). The summed E-state index contributed by atoms with van der Waals surface area (Å²) < 4.78 is 0. The summed E-state index contributed by atoms with van der Waals surface area (Å²) >= 11 is 5.87. The first-order valence-electron chi connectivity index (χ1n) is 4.28. The quantitative estimate of drug-likeness (QED) is 0.789. The first-order valence-corrected chi connectivity index (χ1v) is 4.65. The van der Waals surface area contributed by atoms with Crippen LogP contribution in [0.1, 0.15) is 5.56 Å². The van der Waals surface area contributed by atoms with Crippen molar-refractivity contribution in [2.75, 3.05) is 0 Å². The highest BCUT2D eigenvalue weighted by molar-refractivity contribution is 6.34. The maximum absolute atomic E-state index is 10.5. The molecule has 0 aliphatic heterocycles. The minimum absolute atomic E-state index is 0.0266. The number of hydrogen-bond acceptors (Lipinski definition) is 3. The molecule has 1 N–H and O–H groups in total. The van der Waals surface area contributed by atoms with Crippen LogP contribution in [0.2, 0.25) is 5.15 Å². The highest BCUT2D eigenvalue weighted by Gasteiger charge is 2.05. The zero-order chi connectivity index (χ0) is 10.8. The van der Waals surface area contributed by atoms with Gasteiger partial charge in [0.15, 0.2) is 0 Å². The van der Waals surface area contributed by atoms with Crippen LogP contribution in [0.3, 0.4) is 0 Å². The van der Waals surface area contributed by atoms with Gasteiger partial charge >= 0.3 is 5.97 Å². The Hall–Kier alpha value is -1.68. The Morgan fingerprint density at radius 2 is 2.20 bits per heavy atom. The van der Waals surface area contributed by atoms with E-state index in [4.69, 9.17) is 16.7 Å². The molecule has 0 atom stereocenters. The summed E-state index contributed by atoms with van der Waals surface area (Å²) in [6.07, 6.45) is 1.35. The topological polar surface area (TPSA) is 63.1 Å². The number of aliphatic carboxylic acids is 1. The van der Waals surface area contributed by atoms with Gasteiger partial charge in [0.1, 0.15) is 11.5 Å². The van der Waals surface area contributed by atoms with Crippen molar-refractivity contribution in [3.63, 3.8) is 0 Å². The van der Waals surface area contributed by atoms with E-state index in [1.807, 2.05) is 0 Å². The molecule has 0 aliphatic carbocycles. The number of carbonyl (C=O) groups is 1. The predicted molar refractivity (Wildman–Crippen MR) is 55.9 cm³/mol. The summed E-state index contributed by atoms with van der Waals surface area (Å²) in [7, 11) is 0. The number of carboxylic acids is 1. The van der Waals surface area contributed by atoms with Crippen molar-refractivity contribution >= 4 is 28.5 Å². The molecular formula is C10H7ClN2O2. The Balaban J connectivity index is 2.54. The SMILES string of the molecule is O=C(O)Cc1ccc2ncnc(Cl)c2c1. The fourth-order valence-corrected chi connectivity index (χ4v) is 1.55. The van der Waals surface area contributed by atoms with Crippen molar-refractivity contribution in [2.45, 2.75) is 6.42 Å². The van der Waals surface area contributed by atoms with Gasteiger partial charge in [-0.05, 0) is 17.7 Å². The zero-order valence-corrected chi connectivity index (χ0v) is 8.40. The largest absolute Gasteiger partial charge is 0.481 e. The second kappa shape index (κ2) is 3.82. The molecule has 0 saturated carbocycles. The minimum atomic E-state index is -0.873. The summed E-state index contributed by atoms with van der Waals surface area (Å²) in [6.45, 7) is 0. The molecular weight excluding hydrogens is 216 g/mol. The van der Waals surface area contributed by atoms with Crippen molar-refractivity contribution in [3.8, 4) is 0 Å². The Labute approximate surface area is 90.5 Å². The fraction of sp³-hybridized carbons (Fsp3) is 0.100. The third-order valence-electron chi connectivity index (χ3n) is 2.01. The monoisotopic (exact) mass is 222 g/mol. The van der Waals surface area contributed by atoms with Crippen LogP contribution in [0, 0.1) is 0 Å². The Kier molecular flexibility index (Phi) is 2.51. The zero-order valence-electron chi connectivity index (χ0n) is 7.64. The van der Waals surface area contributed by atoms with Crippen molar-refractivity contribution in [2.24, 2.45) is 0 Å². The Bertz CT molecular complexity index is 528. The molecule has 0 radical (unpaired) electrons. The van der Waals surface area contributed by atoms with Crippen molar-refractivity contribution in [1.82, 2.24) is 9.97 Å². The first-order chi connectivity index (χ1) is 7.16. The Morgan fingerprint density at radius 1 is 1.40 bits per heavy atom. The number of rotatable bonds is 2. The van der Waals surface area contributed by atoms with E-state index in [0.29, 0.717) is 21.6 Å². The molecule has 0 saturated heterocycles. The van der Waals surface area contributed by atoms with E-state index in [9.17, 15) is 4.79 Å². The van der Waals surface area contributed by atoms with Crippen LogP contribution in [0.15, 0.2) is 24.5 Å². The molecule has 1 aromatic heterocycles. The van der Waals surface area contributed by atoms with E-state index in [0.717, 1.165) is 0 Å². The number of nitrogens with zero attached hydrogens (tertiary/aromatic N) is 2. The van der Waals surface area contributed by atoms with Gasteiger partial charge in [0.05, 0.1) is 11.9 Å². The standard InChI is InChI=1S/C10H7ClN2O2/c11-10-7-3-6(4-9(14)15)1-2-8(7)12-5-13-10/h1-3,5H,4H2,(H,14,15). The lowest BCUT2D eigenvalue weighted by molar-refractivity contribution is -0.136. The third-order valence-corrected chi connectivity index (χ3v) is 2.31. The second-order valence-electron chi connectivity index (χ2n) is 3.09. The van der Waals surface area contributed by atoms with Gasteiger partial charge in [0.25, 0.3) is 0 Å². The lowest BCUT2D eigenvalue weighted by Crippen LogP contribution is -1.99. The molecule has 0 aliphatic rings. The average molecular weight is 223 g/mol. The van der Waals surface area contributed by atoms with E-state index in [1.54, 1.807) is 18.2 Å². The summed E-state index contributed by atoms with van der Waals surface area (Å²) in [5.74, 6) is -0.873. The molecule has 2 aromatic rings. The minimum Gasteiger partial charge on any atom is -0.481 e. The number of benzene rings is 1. The van der Waals surface area contributed by atoms with E-state index in [-0.39, 0.29) is 6.42 Å². The Morgan fingerprint density at radius 3 is 2.93 bits per heavy atom. The number of fused-ring (bicyclic) bond motifs is 1. The van der Waals surface area contributed by atoms with Crippen LogP contribution in [0.4, 0.5) is 0 Å². The van der Waals surface area contributed by atoms with E-state index in [2.05, 4.69) is 9.97 Å². The lowest BCUT2D eigenvalue weighted by Gasteiger charge is -2.01. The molecule has 4 nitrogen and oxygen atoms in total. The van der Waals surface area contributed by atoms with E-state index in [1.165, 1.54) is 6.33 Å². The van der Waals surface area contributed by atoms with Crippen LogP contribution in [-0.4, -0.2) is 21.0 Å². The molecule has 0 fully saturated rings. The molecule has 1 aromatic carbocycles. The van der Waals surface area contributed by atoms with Crippen LogP contribution < -0.4 is 0 Å². The van der Waals surface area contributed by atoms with Gasteiger partial charge in [0.2, 0.25) is 0 Å². The van der Waals surface area contributed by atoms with Gasteiger partial charge in [-0.1, -0.05) is 17.7 Å². The van der Waals surface area contributed by atoms with E-state index >= 15 is 0 Å². The van der Waals surface area contributed by atoms with Gasteiger partial charge in [-0.2, -0.15) is 0 Å². The maximum Gasteiger partial charge on any atom is 0.307 e. The summed E-state index contributed by atoms with van der Waals surface area (Å²) in [4.78, 5) is 18.4. The molecule has 0 unspecified atom stereocenters. The number of hydrogen-bond donors (Lipinski definition) is 1. The summed E-state index contributed by atoms with van der Waals surface area (Å²) in [5, 5.41) is 9.66. The molecule has 0 bridgehead atoms. The van der Waals surface area contributed by atoms with Crippen molar-refractivity contribution in [1.29, 1.82) is 0 Å². The van der Waals surface area contributed by atoms with Crippen LogP contribution in [-0.2, 0) is 11.2 Å². The maximum atomic E-state index is 10.5. The van der Waals surface area contributed by atoms with Gasteiger partial charge in [-0.15, -0.1) is 0 Å². The smallest absolute Gasteiger partial charge is 0.307 e. The number of aromatic nitrogens is 2. The van der Waals surface area contributed by atoms with E-state index < -0.39 is 5.97 Å². The van der Waals surface area contributed by atoms with Gasteiger partial charge in [-0.3, -0.25) is 4.79 Å². The van der Waals surface area contributed by atoms with Crippen molar-refractivity contribution < 1.29 is 9.90 Å². The van der Waals surface area contributed by atoms with Crippen LogP contribution >= 0.6 is 11.6 Å². The molecule has 0 spiro atoms. The number of carboxylic acid groups (broad SMARTS) is 1.